The van der Waals surface area contributed by atoms with Crippen molar-refractivity contribution < 1.29 is 19.1 Å². The van der Waals surface area contributed by atoms with Crippen molar-refractivity contribution in [1.29, 1.82) is 0 Å². The lowest BCUT2D eigenvalue weighted by Crippen LogP contribution is -2.50. The number of ether oxygens (including phenoxy) is 1. The van der Waals surface area contributed by atoms with Crippen LogP contribution < -0.4 is 4.90 Å². The third kappa shape index (κ3) is 4.04. The molecule has 2 aliphatic rings. The molecule has 0 spiro atoms. The molecule has 2 aromatic carbocycles. The fourth-order valence-electron chi connectivity index (χ4n) is 4.38. The first-order chi connectivity index (χ1) is 15.2. The van der Waals surface area contributed by atoms with Crippen molar-refractivity contribution in [3.63, 3.8) is 0 Å². The lowest BCUT2D eigenvalue weighted by Gasteiger charge is -2.37. The zero-order valence-electron chi connectivity index (χ0n) is 19.3. The maximum Gasteiger partial charge on any atom is 0.410 e. The Morgan fingerprint density at radius 1 is 0.969 bits per heavy atom. The molecule has 2 aliphatic heterocycles. The summed E-state index contributed by atoms with van der Waals surface area (Å²) in [6.07, 6.45) is 1.42. The molecule has 0 unspecified atom stereocenters. The van der Waals surface area contributed by atoms with Crippen molar-refractivity contribution in [2.45, 2.75) is 46.1 Å². The lowest BCUT2D eigenvalue weighted by molar-refractivity contribution is 0.0240. The molecule has 7 heteroatoms. The zero-order chi connectivity index (χ0) is 23.0. The molecule has 0 atom stereocenters. The number of hydrogen-bond acceptors (Lipinski definition) is 5. The summed E-state index contributed by atoms with van der Waals surface area (Å²) < 4.78 is 5.49. The Labute approximate surface area is 188 Å². The number of unbranched alkanes of at least 4 members (excludes halogenated alkanes) is 1. The number of imide groups is 1. The maximum absolute atomic E-state index is 13.1. The van der Waals surface area contributed by atoms with Gasteiger partial charge in [0.2, 0.25) is 0 Å². The van der Waals surface area contributed by atoms with Crippen LogP contribution in [0.3, 0.4) is 0 Å². The van der Waals surface area contributed by atoms with Crippen LogP contribution in [0.1, 0.15) is 61.3 Å². The van der Waals surface area contributed by atoms with E-state index in [-0.39, 0.29) is 17.9 Å². The topological polar surface area (TPSA) is 70.2 Å². The number of piperazine rings is 1. The van der Waals surface area contributed by atoms with E-state index in [1.165, 1.54) is 4.90 Å². The highest BCUT2D eigenvalue weighted by atomic mass is 16.6. The Balaban J connectivity index is 1.60. The SMILES string of the molecule is CCCCN1C(=O)c2cccc3c(N4CCN(C(=O)OC(C)(C)C)CC4)ccc(c23)C1=O. The number of rotatable bonds is 4. The van der Waals surface area contributed by atoms with Crippen LogP contribution in [0.4, 0.5) is 10.5 Å². The van der Waals surface area contributed by atoms with Gasteiger partial charge in [-0.15, -0.1) is 0 Å². The minimum atomic E-state index is -0.519. The minimum Gasteiger partial charge on any atom is -0.444 e. The maximum atomic E-state index is 13.1. The molecular weight excluding hydrogens is 406 g/mol. The van der Waals surface area contributed by atoms with Crippen LogP contribution in [0, 0.1) is 0 Å². The molecule has 0 bridgehead atoms. The third-order valence-corrected chi connectivity index (χ3v) is 5.98. The first-order valence-corrected chi connectivity index (χ1v) is 11.4. The molecule has 0 radical (unpaired) electrons. The van der Waals surface area contributed by atoms with Crippen molar-refractivity contribution in [3.05, 3.63) is 41.5 Å². The number of nitrogens with zero attached hydrogens (tertiary/aromatic N) is 3. The van der Waals surface area contributed by atoms with Crippen LogP contribution in [0.2, 0.25) is 0 Å². The Hall–Kier alpha value is -3.09. The van der Waals surface area contributed by atoms with E-state index in [1.807, 2.05) is 58.0 Å². The molecule has 0 N–H and O–H groups in total. The van der Waals surface area contributed by atoms with Gasteiger partial charge in [-0.25, -0.2) is 4.79 Å². The van der Waals surface area contributed by atoms with Crippen LogP contribution in [-0.4, -0.2) is 66.0 Å². The molecule has 1 saturated heterocycles. The van der Waals surface area contributed by atoms with Crippen LogP contribution in [0.15, 0.2) is 30.3 Å². The molecule has 4 rings (SSSR count). The summed E-state index contributed by atoms with van der Waals surface area (Å²) in [5.41, 5.74) is 1.64. The Morgan fingerprint density at radius 3 is 2.25 bits per heavy atom. The summed E-state index contributed by atoms with van der Waals surface area (Å²) in [6.45, 7) is 10.5. The van der Waals surface area contributed by atoms with Crippen molar-refractivity contribution >= 4 is 34.4 Å². The summed E-state index contributed by atoms with van der Waals surface area (Å²) in [7, 11) is 0. The van der Waals surface area contributed by atoms with E-state index in [0.717, 1.165) is 29.3 Å². The first kappa shape index (κ1) is 22.1. The second-order valence-corrected chi connectivity index (χ2v) is 9.43. The summed E-state index contributed by atoms with van der Waals surface area (Å²) in [4.78, 5) is 43.8. The van der Waals surface area contributed by atoms with E-state index in [0.29, 0.717) is 43.9 Å². The van der Waals surface area contributed by atoms with Crippen LogP contribution in [0.5, 0.6) is 0 Å². The third-order valence-electron chi connectivity index (χ3n) is 5.98. The van der Waals surface area contributed by atoms with Gasteiger partial charge in [0.05, 0.1) is 0 Å². The smallest absolute Gasteiger partial charge is 0.410 e. The number of benzene rings is 2. The molecular formula is C25H31N3O4. The fourth-order valence-corrected chi connectivity index (χ4v) is 4.38. The van der Waals surface area contributed by atoms with E-state index in [1.54, 1.807) is 4.90 Å². The highest BCUT2D eigenvalue weighted by Gasteiger charge is 2.34. The van der Waals surface area contributed by atoms with E-state index < -0.39 is 5.60 Å². The predicted molar refractivity (Wildman–Crippen MR) is 124 cm³/mol. The van der Waals surface area contributed by atoms with Gasteiger partial charge in [0.25, 0.3) is 11.8 Å². The number of hydrogen-bond donors (Lipinski definition) is 0. The van der Waals surface area contributed by atoms with Gasteiger partial charge in [-0.05, 0) is 45.4 Å². The van der Waals surface area contributed by atoms with Crippen molar-refractivity contribution in [2.75, 3.05) is 37.6 Å². The number of carbonyl (C=O) groups excluding carboxylic acids is 3. The van der Waals surface area contributed by atoms with E-state index in [9.17, 15) is 14.4 Å². The zero-order valence-corrected chi connectivity index (χ0v) is 19.3. The first-order valence-electron chi connectivity index (χ1n) is 11.4. The Morgan fingerprint density at radius 2 is 1.62 bits per heavy atom. The van der Waals surface area contributed by atoms with Gasteiger partial charge >= 0.3 is 6.09 Å². The molecule has 1 fully saturated rings. The van der Waals surface area contributed by atoms with Crippen molar-refractivity contribution in [3.8, 4) is 0 Å². The molecule has 0 aromatic heterocycles. The van der Waals surface area contributed by atoms with Crippen LogP contribution in [0.25, 0.3) is 10.8 Å². The quantitative estimate of drug-likeness (QED) is 0.668. The molecule has 170 valence electrons. The van der Waals surface area contributed by atoms with Gasteiger partial charge in [-0.2, -0.15) is 0 Å². The van der Waals surface area contributed by atoms with Gasteiger partial charge < -0.3 is 14.5 Å². The monoisotopic (exact) mass is 437 g/mol. The second-order valence-electron chi connectivity index (χ2n) is 9.43. The summed E-state index contributed by atoms with van der Waals surface area (Å²) in [5, 5.41) is 1.64. The number of amides is 3. The average Bonchev–Trinajstić information content (AvgIpc) is 2.76. The lowest BCUT2D eigenvalue weighted by atomic mass is 9.92. The molecule has 2 aromatic rings. The highest BCUT2D eigenvalue weighted by Crippen LogP contribution is 2.36. The fraction of sp³-hybridized carbons (Fsp3) is 0.480. The molecule has 32 heavy (non-hydrogen) atoms. The molecule has 7 nitrogen and oxygen atoms in total. The normalized spacial score (nSPS) is 16.7. The Bertz CT molecular complexity index is 1040. The largest absolute Gasteiger partial charge is 0.444 e. The van der Waals surface area contributed by atoms with Gasteiger partial charge in [0.15, 0.2) is 0 Å². The number of carbonyl (C=O) groups is 3. The molecule has 0 aliphatic carbocycles. The minimum absolute atomic E-state index is 0.214. The van der Waals surface area contributed by atoms with E-state index in [2.05, 4.69) is 4.90 Å². The van der Waals surface area contributed by atoms with Gasteiger partial charge in [-0.1, -0.05) is 25.5 Å². The van der Waals surface area contributed by atoms with Gasteiger partial charge in [0.1, 0.15) is 5.60 Å². The van der Waals surface area contributed by atoms with Crippen LogP contribution >= 0.6 is 0 Å². The van der Waals surface area contributed by atoms with Crippen LogP contribution in [-0.2, 0) is 4.74 Å². The Kier molecular flexibility index (Phi) is 5.84. The van der Waals surface area contributed by atoms with Gasteiger partial charge in [0, 0.05) is 60.3 Å². The highest BCUT2D eigenvalue weighted by molar-refractivity contribution is 6.26. The summed E-state index contributed by atoms with van der Waals surface area (Å²) in [6, 6.07) is 9.48. The standard InChI is InChI=1S/C25H31N3O4/c1-5-6-12-28-22(29)18-9-7-8-17-20(11-10-19(21(17)18)23(28)30)26-13-15-27(16-14-26)24(31)32-25(2,3)4/h7-11H,5-6,12-16H2,1-4H3. The van der Waals surface area contributed by atoms with E-state index >= 15 is 0 Å². The molecule has 3 amide bonds. The summed E-state index contributed by atoms with van der Waals surface area (Å²) >= 11 is 0. The predicted octanol–water partition coefficient (Wildman–Crippen LogP) is 4.29. The molecule has 0 saturated carbocycles. The van der Waals surface area contributed by atoms with Gasteiger partial charge in [-0.3, -0.25) is 14.5 Å². The van der Waals surface area contributed by atoms with Crippen molar-refractivity contribution in [2.24, 2.45) is 0 Å². The van der Waals surface area contributed by atoms with Crippen molar-refractivity contribution in [1.82, 2.24) is 9.80 Å². The molecule has 2 heterocycles. The summed E-state index contributed by atoms with van der Waals surface area (Å²) in [5.74, 6) is -0.429. The second kappa shape index (κ2) is 8.45. The number of anilines is 1. The van der Waals surface area contributed by atoms with E-state index in [4.69, 9.17) is 4.74 Å². The average molecular weight is 438 g/mol.